The maximum atomic E-state index is 5.24. The van der Waals surface area contributed by atoms with E-state index in [-0.39, 0.29) is 0 Å². The number of hydrogen-bond donors (Lipinski definition) is 0. The molecule has 5 aromatic heterocycles. The molecule has 16 rings (SSSR count). The summed E-state index contributed by atoms with van der Waals surface area (Å²) in [4.78, 5) is 5.24. The molecule has 0 bridgehead atoms. The Morgan fingerprint density at radius 1 is 0.274 bits per heavy atom. The number of para-hydroxylation sites is 1. The molecule has 11 aromatic carbocycles. The first-order valence-electron chi connectivity index (χ1n) is 24.7. The standard InChI is InChI=1S/C67H39N3S3/c1-2-12-40(13-3-1)67-68-57-29-28-52-54-37-44(25-31-60(54)70(65(52)66(57)73-67)48-17-11-15-42(35-48)46-27-33-64-56(39-46)51-20-6-9-23-62(51)72-64)43-24-30-59-53(36-43)49-18-4-7-21-58(49)69(59)47-16-10-14-41(34-47)45-26-32-63-55(38-45)50-19-5-8-22-61(50)71-63/h1-39H. The van der Waals surface area contributed by atoms with Crippen LogP contribution in [0.2, 0.25) is 0 Å². The summed E-state index contributed by atoms with van der Waals surface area (Å²) in [6, 6.07) is 87.5. The highest BCUT2D eigenvalue weighted by Crippen LogP contribution is 2.45. The van der Waals surface area contributed by atoms with E-state index in [9.17, 15) is 0 Å². The molecule has 340 valence electrons. The molecule has 0 N–H and O–H groups in total. The van der Waals surface area contributed by atoms with Gasteiger partial charge in [-0.15, -0.1) is 34.0 Å². The SMILES string of the molecule is c1ccc(-c2nc3ccc4c5cc(-c6ccc7c(c6)c6ccccc6n7-c6cccc(-c7ccc8sc9ccccc9c8c7)c6)ccc5n(-c5cccc(-c6ccc7sc8ccccc8c7c6)c5)c4c3s2)cc1. The molecule has 6 heteroatoms. The van der Waals surface area contributed by atoms with E-state index >= 15 is 0 Å². The zero-order chi connectivity index (χ0) is 47.7. The number of nitrogens with zero attached hydrogens (tertiary/aromatic N) is 3. The highest BCUT2D eigenvalue weighted by Gasteiger charge is 2.21. The van der Waals surface area contributed by atoms with Crippen molar-refractivity contribution in [3.8, 4) is 55.3 Å². The lowest BCUT2D eigenvalue weighted by Crippen LogP contribution is -1.95. The molecule has 0 atom stereocenters. The zero-order valence-electron chi connectivity index (χ0n) is 39.1. The van der Waals surface area contributed by atoms with Gasteiger partial charge in [0.25, 0.3) is 0 Å². The van der Waals surface area contributed by atoms with Crippen molar-refractivity contribution in [1.29, 1.82) is 0 Å². The van der Waals surface area contributed by atoms with Crippen LogP contribution in [0.25, 0.3) is 149 Å². The van der Waals surface area contributed by atoms with Gasteiger partial charge in [-0.05, 0) is 137 Å². The summed E-state index contributed by atoms with van der Waals surface area (Å²) in [5.74, 6) is 0. The van der Waals surface area contributed by atoms with E-state index in [1.165, 1.54) is 122 Å². The Morgan fingerprint density at radius 3 is 1.38 bits per heavy atom. The van der Waals surface area contributed by atoms with Gasteiger partial charge in [-0.25, -0.2) is 4.98 Å². The Morgan fingerprint density at radius 2 is 0.740 bits per heavy atom. The first-order valence-corrected chi connectivity index (χ1v) is 27.1. The van der Waals surface area contributed by atoms with Gasteiger partial charge >= 0.3 is 0 Å². The quantitative estimate of drug-likeness (QED) is 0.163. The summed E-state index contributed by atoms with van der Waals surface area (Å²) in [5, 5.41) is 11.2. The average Bonchev–Trinajstić information content (AvgIpc) is 4.28. The van der Waals surface area contributed by atoms with E-state index in [0.717, 1.165) is 27.5 Å². The number of benzene rings is 11. The summed E-state index contributed by atoms with van der Waals surface area (Å²) in [6.45, 7) is 0. The van der Waals surface area contributed by atoms with Crippen LogP contribution in [0.1, 0.15) is 0 Å². The Labute approximate surface area is 431 Å². The number of fused-ring (bicyclic) bond motifs is 14. The van der Waals surface area contributed by atoms with Crippen molar-refractivity contribution in [3.05, 3.63) is 237 Å². The van der Waals surface area contributed by atoms with Crippen LogP contribution in [-0.2, 0) is 0 Å². The van der Waals surface area contributed by atoms with Crippen LogP contribution in [0.4, 0.5) is 0 Å². The maximum Gasteiger partial charge on any atom is 0.124 e. The smallest absolute Gasteiger partial charge is 0.124 e. The van der Waals surface area contributed by atoms with Gasteiger partial charge in [0.1, 0.15) is 5.01 Å². The normalized spacial score (nSPS) is 12.1. The van der Waals surface area contributed by atoms with Gasteiger partial charge in [0.05, 0.1) is 32.3 Å². The van der Waals surface area contributed by atoms with E-state index in [1.807, 2.05) is 22.7 Å². The largest absolute Gasteiger partial charge is 0.309 e. The zero-order valence-corrected chi connectivity index (χ0v) is 41.5. The molecule has 0 amide bonds. The summed E-state index contributed by atoms with van der Waals surface area (Å²) in [7, 11) is 0. The summed E-state index contributed by atoms with van der Waals surface area (Å²) in [5.41, 5.74) is 16.4. The van der Waals surface area contributed by atoms with Crippen molar-refractivity contribution < 1.29 is 0 Å². The lowest BCUT2D eigenvalue weighted by Gasteiger charge is -2.12. The second-order valence-electron chi connectivity index (χ2n) is 19.1. The molecule has 0 aliphatic heterocycles. The Hall–Kier alpha value is -8.65. The fourth-order valence-corrected chi connectivity index (χ4v) is 14.8. The number of thiazole rings is 1. The van der Waals surface area contributed by atoms with Crippen LogP contribution in [0.3, 0.4) is 0 Å². The van der Waals surface area contributed by atoms with Gasteiger partial charge < -0.3 is 9.13 Å². The van der Waals surface area contributed by atoms with Crippen LogP contribution < -0.4 is 0 Å². The van der Waals surface area contributed by atoms with Crippen molar-refractivity contribution in [2.45, 2.75) is 0 Å². The number of rotatable bonds is 6. The molecular formula is C67H39N3S3. The minimum atomic E-state index is 1.01. The first kappa shape index (κ1) is 41.0. The van der Waals surface area contributed by atoms with Crippen LogP contribution in [0.15, 0.2) is 237 Å². The lowest BCUT2D eigenvalue weighted by atomic mass is 10.0. The lowest BCUT2D eigenvalue weighted by molar-refractivity contribution is 1.18. The van der Waals surface area contributed by atoms with Gasteiger partial charge in [0.15, 0.2) is 0 Å². The van der Waals surface area contributed by atoms with Crippen LogP contribution in [-0.4, -0.2) is 14.1 Å². The monoisotopic (exact) mass is 981 g/mol. The molecule has 0 aliphatic carbocycles. The van der Waals surface area contributed by atoms with Crippen molar-refractivity contribution in [1.82, 2.24) is 14.1 Å². The van der Waals surface area contributed by atoms with E-state index in [2.05, 4.69) is 246 Å². The molecular weight excluding hydrogens is 943 g/mol. The third-order valence-corrected chi connectivity index (χ3v) is 18.4. The highest BCUT2D eigenvalue weighted by atomic mass is 32.1. The third-order valence-electron chi connectivity index (χ3n) is 14.9. The number of hydrogen-bond acceptors (Lipinski definition) is 4. The predicted octanol–water partition coefficient (Wildman–Crippen LogP) is 19.9. The Balaban J connectivity index is 0.847. The average molecular weight is 982 g/mol. The molecule has 0 saturated heterocycles. The van der Waals surface area contributed by atoms with Gasteiger partial charge in [0, 0.05) is 78.8 Å². The van der Waals surface area contributed by atoms with Crippen LogP contribution >= 0.6 is 34.0 Å². The fraction of sp³-hybridized carbons (Fsp3) is 0. The van der Waals surface area contributed by atoms with Crippen molar-refractivity contribution in [3.63, 3.8) is 0 Å². The predicted molar refractivity (Wildman–Crippen MR) is 316 cm³/mol. The molecule has 0 saturated carbocycles. The molecule has 73 heavy (non-hydrogen) atoms. The van der Waals surface area contributed by atoms with E-state index < -0.39 is 0 Å². The summed E-state index contributed by atoms with van der Waals surface area (Å²) in [6.07, 6.45) is 0. The van der Waals surface area contributed by atoms with Gasteiger partial charge in [-0.2, -0.15) is 0 Å². The molecule has 0 spiro atoms. The minimum absolute atomic E-state index is 1.01. The number of thiophene rings is 2. The second-order valence-corrected chi connectivity index (χ2v) is 22.2. The van der Waals surface area contributed by atoms with Crippen LogP contribution in [0, 0.1) is 0 Å². The van der Waals surface area contributed by atoms with Gasteiger partial charge in [0.2, 0.25) is 0 Å². The fourth-order valence-electron chi connectivity index (χ4n) is 11.5. The van der Waals surface area contributed by atoms with E-state index in [4.69, 9.17) is 4.98 Å². The van der Waals surface area contributed by atoms with Crippen LogP contribution in [0.5, 0.6) is 0 Å². The summed E-state index contributed by atoms with van der Waals surface area (Å²) < 4.78 is 11.4. The van der Waals surface area contributed by atoms with Gasteiger partial charge in [-0.3, -0.25) is 0 Å². The molecule has 0 unspecified atom stereocenters. The summed E-state index contributed by atoms with van der Waals surface area (Å²) >= 11 is 5.50. The van der Waals surface area contributed by atoms with Crippen molar-refractivity contribution in [2.75, 3.05) is 0 Å². The molecule has 3 nitrogen and oxygen atoms in total. The minimum Gasteiger partial charge on any atom is -0.309 e. The van der Waals surface area contributed by atoms with Crippen molar-refractivity contribution >= 4 is 128 Å². The molecule has 0 radical (unpaired) electrons. The number of aromatic nitrogens is 3. The van der Waals surface area contributed by atoms with Crippen molar-refractivity contribution in [2.24, 2.45) is 0 Å². The second kappa shape index (κ2) is 15.9. The maximum absolute atomic E-state index is 5.24. The Kier molecular flexibility index (Phi) is 8.95. The molecule has 0 aliphatic rings. The van der Waals surface area contributed by atoms with E-state index in [1.54, 1.807) is 11.3 Å². The first-order chi connectivity index (χ1) is 36.1. The topological polar surface area (TPSA) is 22.8 Å². The third kappa shape index (κ3) is 6.38. The highest BCUT2D eigenvalue weighted by molar-refractivity contribution is 7.26. The Bertz CT molecular complexity index is 4930. The molecule has 5 heterocycles. The van der Waals surface area contributed by atoms with Gasteiger partial charge in [-0.1, -0.05) is 133 Å². The molecule has 0 fully saturated rings. The molecule has 16 aromatic rings. The van der Waals surface area contributed by atoms with E-state index in [0.29, 0.717) is 0 Å².